The van der Waals surface area contributed by atoms with Crippen LogP contribution in [0.2, 0.25) is 0 Å². The number of hydrogen-bond acceptors (Lipinski definition) is 4. The monoisotopic (exact) mass is 333 g/mol. The fourth-order valence-corrected chi connectivity index (χ4v) is 5.67. The number of sulfone groups is 1. The van der Waals surface area contributed by atoms with Gasteiger partial charge in [-0.2, -0.15) is 0 Å². The fraction of sp³-hybridized carbons (Fsp3) is 0.500. The molecule has 1 unspecified atom stereocenters. The number of halogens is 2. The van der Waals surface area contributed by atoms with Crippen molar-refractivity contribution in [2.24, 2.45) is 10.9 Å². The summed E-state index contributed by atoms with van der Waals surface area (Å²) in [6, 6.07) is 3.35. The minimum Gasteiger partial charge on any atom is -0.295 e. The Bertz CT molecular complexity index is 635. The van der Waals surface area contributed by atoms with E-state index in [1.54, 1.807) is 13.3 Å². The third kappa shape index (κ3) is 3.63. The average molecular weight is 333 g/mol. The second-order valence-corrected chi connectivity index (χ2v) is 8.32. The van der Waals surface area contributed by atoms with Gasteiger partial charge in [-0.1, -0.05) is 6.07 Å². The SMILES string of the molecule is CN=C(C1CC1)C(SC)S(=O)(=O)Cc1c(F)cccc1F. The third-order valence-corrected chi connectivity index (χ3v) is 7.15. The van der Waals surface area contributed by atoms with Crippen molar-refractivity contribution in [3.05, 3.63) is 35.4 Å². The van der Waals surface area contributed by atoms with E-state index in [-0.39, 0.29) is 5.92 Å². The lowest BCUT2D eigenvalue weighted by molar-refractivity contribution is 0.556. The Morgan fingerprint density at radius 3 is 2.38 bits per heavy atom. The summed E-state index contributed by atoms with van der Waals surface area (Å²) in [6.45, 7) is 0. The maximum absolute atomic E-state index is 13.7. The lowest BCUT2D eigenvalue weighted by atomic mass is 10.2. The van der Waals surface area contributed by atoms with E-state index in [2.05, 4.69) is 4.99 Å². The molecule has 0 heterocycles. The van der Waals surface area contributed by atoms with Crippen LogP contribution in [0.5, 0.6) is 0 Å². The standard InChI is InChI=1S/C14H17F2NO2S2/c1-17-13(9-6-7-9)14(20-2)21(18,19)8-10-11(15)4-3-5-12(10)16/h3-5,9,14H,6-8H2,1-2H3. The minimum atomic E-state index is -3.73. The van der Waals surface area contributed by atoms with Crippen LogP contribution >= 0.6 is 11.8 Å². The van der Waals surface area contributed by atoms with Gasteiger partial charge in [0.15, 0.2) is 9.84 Å². The molecule has 1 aromatic rings. The Morgan fingerprint density at radius 2 is 1.95 bits per heavy atom. The van der Waals surface area contributed by atoms with E-state index in [0.717, 1.165) is 36.7 Å². The highest BCUT2D eigenvalue weighted by Crippen LogP contribution is 2.36. The fourth-order valence-electron chi connectivity index (χ4n) is 2.26. The van der Waals surface area contributed by atoms with Crippen molar-refractivity contribution < 1.29 is 17.2 Å². The molecule has 0 saturated heterocycles. The van der Waals surface area contributed by atoms with Gasteiger partial charge in [0.25, 0.3) is 0 Å². The summed E-state index contributed by atoms with van der Waals surface area (Å²) in [5, 5.41) is 0. The van der Waals surface area contributed by atoms with E-state index in [1.807, 2.05) is 0 Å². The van der Waals surface area contributed by atoms with Gasteiger partial charge in [-0.05, 0) is 37.1 Å². The van der Waals surface area contributed by atoms with Gasteiger partial charge in [-0.15, -0.1) is 11.8 Å². The molecule has 1 fully saturated rings. The summed E-state index contributed by atoms with van der Waals surface area (Å²) >= 11 is 1.15. The highest BCUT2D eigenvalue weighted by molar-refractivity contribution is 8.13. The van der Waals surface area contributed by atoms with Crippen molar-refractivity contribution in [3.63, 3.8) is 0 Å². The number of thioether (sulfide) groups is 1. The third-order valence-electron chi connectivity index (χ3n) is 3.44. The molecule has 0 amide bonds. The molecule has 0 aliphatic heterocycles. The maximum atomic E-state index is 13.7. The van der Waals surface area contributed by atoms with Crippen molar-refractivity contribution in [3.8, 4) is 0 Å². The summed E-state index contributed by atoms with van der Waals surface area (Å²) in [5.41, 5.74) is 0.210. The molecule has 2 rings (SSSR count). The Hall–Kier alpha value is -0.950. The number of rotatable bonds is 6. The predicted molar refractivity (Wildman–Crippen MR) is 82.4 cm³/mol. The van der Waals surface area contributed by atoms with Gasteiger partial charge in [0.05, 0.1) is 5.75 Å². The van der Waals surface area contributed by atoms with Crippen LogP contribution in [0.1, 0.15) is 18.4 Å². The Balaban J connectivity index is 2.32. The van der Waals surface area contributed by atoms with Crippen molar-refractivity contribution in [1.29, 1.82) is 0 Å². The Labute approximate surface area is 127 Å². The van der Waals surface area contributed by atoms with E-state index in [9.17, 15) is 17.2 Å². The van der Waals surface area contributed by atoms with Crippen LogP contribution in [0, 0.1) is 17.6 Å². The molecule has 7 heteroatoms. The minimum absolute atomic E-state index is 0.188. The van der Waals surface area contributed by atoms with Crippen LogP contribution in [0.3, 0.4) is 0 Å². The van der Waals surface area contributed by atoms with E-state index < -0.39 is 37.4 Å². The summed E-state index contributed by atoms with van der Waals surface area (Å²) in [6.07, 6.45) is 3.52. The molecule has 1 aliphatic rings. The first-order valence-electron chi connectivity index (χ1n) is 6.54. The van der Waals surface area contributed by atoms with Crippen LogP contribution in [0.4, 0.5) is 8.78 Å². The highest BCUT2D eigenvalue weighted by Gasteiger charge is 2.39. The number of benzene rings is 1. The zero-order valence-electron chi connectivity index (χ0n) is 11.8. The average Bonchev–Trinajstić information content (AvgIpc) is 3.24. The predicted octanol–water partition coefficient (Wildman–Crippen LogP) is 3.05. The zero-order valence-corrected chi connectivity index (χ0v) is 13.5. The normalized spacial score (nSPS) is 17.8. The molecule has 116 valence electrons. The molecule has 0 spiro atoms. The maximum Gasteiger partial charge on any atom is 0.172 e. The van der Waals surface area contributed by atoms with Crippen molar-refractivity contribution >= 4 is 27.3 Å². The topological polar surface area (TPSA) is 46.5 Å². The molecular weight excluding hydrogens is 316 g/mol. The van der Waals surface area contributed by atoms with Crippen LogP contribution < -0.4 is 0 Å². The van der Waals surface area contributed by atoms with Crippen molar-refractivity contribution in [2.75, 3.05) is 13.3 Å². The molecular formula is C14H17F2NO2S2. The number of hydrogen-bond donors (Lipinski definition) is 0. The van der Waals surface area contributed by atoms with Crippen LogP contribution in [0.25, 0.3) is 0 Å². The van der Waals surface area contributed by atoms with Crippen molar-refractivity contribution in [2.45, 2.75) is 23.2 Å². The smallest absolute Gasteiger partial charge is 0.172 e. The van der Waals surface area contributed by atoms with E-state index >= 15 is 0 Å². The highest BCUT2D eigenvalue weighted by atomic mass is 32.3. The van der Waals surface area contributed by atoms with Gasteiger partial charge in [-0.3, -0.25) is 4.99 Å². The lowest BCUT2D eigenvalue weighted by Crippen LogP contribution is -2.30. The Kier molecular flexibility index (Phi) is 5.03. The molecule has 1 aromatic carbocycles. The summed E-state index contributed by atoms with van der Waals surface area (Å²) in [4.78, 5) is 4.10. The van der Waals surface area contributed by atoms with E-state index in [0.29, 0.717) is 5.71 Å². The number of aliphatic imine (C=N–C) groups is 1. The van der Waals surface area contributed by atoms with Gasteiger partial charge in [0, 0.05) is 18.3 Å². The number of nitrogens with zero attached hydrogens (tertiary/aromatic N) is 1. The van der Waals surface area contributed by atoms with Crippen LogP contribution in [-0.2, 0) is 15.6 Å². The molecule has 0 N–H and O–H groups in total. The molecule has 1 saturated carbocycles. The molecule has 21 heavy (non-hydrogen) atoms. The van der Waals surface area contributed by atoms with Gasteiger partial charge in [-0.25, -0.2) is 17.2 Å². The first-order chi connectivity index (χ1) is 9.90. The first kappa shape index (κ1) is 16.4. The van der Waals surface area contributed by atoms with Gasteiger partial charge in [0.1, 0.15) is 16.2 Å². The van der Waals surface area contributed by atoms with Crippen molar-refractivity contribution in [1.82, 2.24) is 0 Å². The molecule has 0 bridgehead atoms. The molecule has 0 aromatic heterocycles. The zero-order chi connectivity index (χ0) is 15.6. The molecule has 1 aliphatic carbocycles. The second-order valence-electron chi connectivity index (χ2n) is 5.00. The van der Waals surface area contributed by atoms with Crippen LogP contribution in [0.15, 0.2) is 23.2 Å². The first-order valence-corrected chi connectivity index (χ1v) is 9.55. The summed E-state index contributed by atoms with van der Waals surface area (Å²) in [7, 11) is -2.17. The lowest BCUT2D eigenvalue weighted by Gasteiger charge is -2.18. The quantitative estimate of drug-likeness (QED) is 0.752. The summed E-state index contributed by atoms with van der Waals surface area (Å²) in [5.74, 6) is -2.13. The second kappa shape index (κ2) is 6.44. The van der Waals surface area contributed by atoms with Gasteiger partial charge >= 0.3 is 0 Å². The Morgan fingerprint density at radius 1 is 1.38 bits per heavy atom. The van der Waals surface area contributed by atoms with Gasteiger partial charge in [0.2, 0.25) is 0 Å². The van der Waals surface area contributed by atoms with Crippen LogP contribution in [-0.4, -0.2) is 32.0 Å². The largest absolute Gasteiger partial charge is 0.295 e. The van der Waals surface area contributed by atoms with E-state index in [1.165, 1.54) is 6.07 Å². The molecule has 1 atom stereocenters. The van der Waals surface area contributed by atoms with E-state index in [4.69, 9.17) is 0 Å². The molecule has 0 radical (unpaired) electrons. The summed E-state index contributed by atoms with van der Waals surface area (Å²) < 4.78 is 51.5. The molecule has 3 nitrogen and oxygen atoms in total. The van der Waals surface area contributed by atoms with Gasteiger partial charge < -0.3 is 0 Å².